The van der Waals surface area contributed by atoms with Crippen molar-refractivity contribution in [3.05, 3.63) is 29.3 Å². The molecule has 1 rings (SSSR count). The summed E-state index contributed by atoms with van der Waals surface area (Å²) in [7, 11) is 1.39. The van der Waals surface area contributed by atoms with E-state index in [0.717, 1.165) is 0 Å². The van der Waals surface area contributed by atoms with Crippen LogP contribution in [-0.4, -0.2) is 0 Å². The molecule has 0 atom stereocenters. The van der Waals surface area contributed by atoms with E-state index >= 15 is 0 Å². The third kappa shape index (κ3) is 2.15. The van der Waals surface area contributed by atoms with Gasteiger partial charge < -0.3 is 0 Å². The van der Waals surface area contributed by atoms with Crippen LogP contribution in [0, 0.1) is 0 Å². The third-order valence-electron chi connectivity index (χ3n) is 1.23. The monoisotopic (exact) mass is 138 g/mol. The van der Waals surface area contributed by atoms with Crippen molar-refractivity contribution in [3.8, 4) is 0 Å². The van der Waals surface area contributed by atoms with Gasteiger partial charge in [-0.1, -0.05) is 39.7 Å². The largest absolute Gasteiger partial charge is 0.0729 e. The van der Waals surface area contributed by atoms with Gasteiger partial charge in [-0.15, -0.1) is 0 Å². The first-order valence-electron chi connectivity index (χ1n) is 3.33. The Morgan fingerprint density at radius 1 is 1.44 bits per heavy atom. The highest BCUT2D eigenvalue weighted by Gasteiger charge is 1.85. The molecular weight excluding hydrogens is 127 g/mol. The van der Waals surface area contributed by atoms with E-state index in [0.29, 0.717) is 0 Å². The van der Waals surface area contributed by atoms with E-state index in [1.54, 1.807) is 5.30 Å². The zero-order valence-electron chi connectivity index (χ0n) is 5.67. The Morgan fingerprint density at radius 3 is 2.89 bits per heavy atom. The minimum atomic E-state index is 1.25. The first-order chi connectivity index (χ1) is 4.43. The van der Waals surface area contributed by atoms with E-state index in [9.17, 15) is 0 Å². The lowest BCUT2D eigenvalue weighted by molar-refractivity contribution is 0.939. The molecule has 1 aromatic rings. The normalized spacial score (nSPS) is 10.3. The average Bonchev–Trinajstić information content (AvgIpc) is 1.91. The van der Waals surface area contributed by atoms with Gasteiger partial charge in [-0.2, -0.15) is 0 Å². The molecule has 0 unspecified atom stereocenters. The predicted octanol–water partition coefficient (Wildman–Crippen LogP) is 3.22. The van der Waals surface area contributed by atoms with Crippen molar-refractivity contribution >= 4 is 8.19 Å². The van der Waals surface area contributed by atoms with Crippen molar-refractivity contribution in [1.29, 1.82) is 0 Å². The van der Waals surface area contributed by atoms with Crippen LogP contribution in [0.2, 0.25) is 0 Å². The molecule has 1 aromatic heterocycles. The van der Waals surface area contributed by atoms with Crippen molar-refractivity contribution < 1.29 is 0 Å². The quantitative estimate of drug-likeness (QED) is 0.588. The molecule has 0 aliphatic carbocycles. The molecule has 0 aliphatic rings. The molecule has 9 heavy (non-hydrogen) atoms. The second-order valence-electron chi connectivity index (χ2n) is 2.07. The molecule has 0 saturated carbocycles. The lowest BCUT2D eigenvalue weighted by Crippen LogP contribution is -1.74. The molecule has 0 spiro atoms. The van der Waals surface area contributed by atoms with Crippen molar-refractivity contribution in [2.75, 3.05) is 0 Å². The molecule has 0 amide bonds. The van der Waals surface area contributed by atoms with E-state index in [4.69, 9.17) is 0 Å². The number of rotatable bonds is 2. The summed E-state index contributed by atoms with van der Waals surface area (Å²) in [5, 5.41) is 1.54. The first-order valence-corrected chi connectivity index (χ1v) is 4.29. The summed E-state index contributed by atoms with van der Waals surface area (Å²) < 4.78 is 0. The Labute approximate surface area is 58.0 Å². The van der Waals surface area contributed by atoms with Gasteiger partial charge in [0, 0.05) is 0 Å². The maximum atomic E-state index is 2.22. The van der Waals surface area contributed by atoms with Gasteiger partial charge in [0.25, 0.3) is 0 Å². The van der Waals surface area contributed by atoms with Crippen LogP contribution in [0.25, 0.3) is 0 Å². The molecule has 48 valence electrons. The lowest BCUT2D eigenvalue weighted by atomic mass is 10.3. The van der Waals surface area contributed by atoms with Crippen molar-refractivity contribution in [3.63, 3.8) is 0 Å². The van der Waals surface area contributed by atoms with Gasteiger partial charge in [0.05, 0.1) is 0 Å². The lowest BCUT2D eigenvalue weighted by Gasteiger charge is -1.92. The summed E-state index contributed by atoms with van der Waals surface area (Å²) in [6.45, 7) is 2.22. The van der Waals surface area contributed by atoms with Crippen molar-refractivity contribution in [1.82, 2.24) is 0 Å². The van der Waals surface area contributed by atoms with Crippen molar-refractivity contribution in [2.24, 2.45) is 0 Å². The summed E-state index contributed by atoms with van der Waals surface area (Å²) >= 11 is 0. The van der Waals surface area contributed by atoms with Crippen molar-refractivity contribution in [2.45, 2.75) is 19.8 Å². The van der Waals surface area contributed by atoms with Crippen LogP contribution in [0.1, 0.15) is 18.6 Å². The van der Waals surface area contributed by atoms with Gasteiger partial charge in [0.2, 0.25) is 0 Å². The fourth-order valence-corrected chi connectivity index (χ4v) is 1.70. The Hall–Kier alpha value is -0.350. The molecule has 0 bridgehead atoms. The van der Waals surface area contributed by atoms with E-state index in [-0.39, 0.29) is 0 Å². The summed E-state index contributed by atoms with van der Waals surface area (Å²) in [4.78, 5) is 0. The molecule has 0 N–H and O–H groups in total. The van der Waals surface area contributed by atoms with E-state index in [1.165, 1.54) is 21.0 Å². The van der Waals surface area contributed by atoms with Crippen LogP contribution in [0.5, 0.6) is 0 Å². The van der Waals surface area contributed by atoms with Gasteiger partial charge in [-0.05, 0) is 17.5 Å². The molecule has 0 fully saturated rings. The predicted molar refractivity (Wildman–Crippen MR) is 43.0 cm³/mol. The van der Waals surface area contributed by atoms with Gasteiger partial charge in [0.15, 0.2) is 0 Å². The summed E-state index contributed by atoms with van der Waals surface area (Å²) in [6.07, 6.45) is 2.52. The summed E-state index contributed by atoms with van der Waals surface area (Å²) in [5.74, 6) is 2.19. The van der Waals surface area contributed by atoms with E-state index in [2.05, 4.69) is 30.9 Å². The maximum Gasteiger partial charge on any atom is -0.0206 e. The van der Waals surface area contributed by atoms with Gasteiger partial charge in [0.1, 0.15) is 0 Å². The Balaban J connectivity index is 2.61. The molecule has 1 heterocycles. The molecular formula is C8H11P. The number of hydrogen-bond donors (Lipinski definition) is 0. The second kappa shape index (κ2) is 3.63. The van der Waals surface area contributed by atoms with Crippen LogP contribution in [0.15, 0.2) is 24.0 Å². The summed E-state index contributed by atoms with van der Waals surface area (Å²) in [5.41, 5.74) is 0. The number of aryl methyl sites for hydroxylation is 1. The molecule has 0 aliphatic heterocycles. The maximum absolute atomic E-state index is 2.22. The Bertz CT molecular complexity index is 157. The van der Waals surface area contributed by atoms with Crippen LogP contribution in [0.4, 0.5) is 0 Å². The highest BCUT2D eigenvalue weighted by atomic mass is 31.0. The molecule has 0 saturated heterocycles. The standard InChI is InChI=1S/C8H11P/c1-2-5-8-6-3-4-7-9-8/h3-4,6-7H,2,5H2,1H3. The molecule has 0 radical (unpaired) electrons. The van der Waals surface area contributed by atoms with E-state index < -0.39 is 0 Å². The van der Waals surface area contributed by atoms with Gasteiger partial charge >= 0.3 is 0 Å². The number of hydrogen-bond acceptors (Lipinski definition) is 0. The second-order valence-corrected chi connectivity index (χ2v) is 3.20. The van der Waals surface area contributed by atoms with Gasteiger partial charge in [-0.25, -0.2) is 0 Å². The highest BCUT2D eigenvalue weighted by molar-refractivity contribution is 7.29. The first kappa shape index (κ1) is 6.77. The minimum Gasteiger partial charge on any atom is -0.0729 e. The third-order valence-corrected chi connectivity index (χ3v) is 2.26. The smallest absolute Gasteiger partial charge is 0.0206 e. The Morgan fingerprint density at radius 2 is 2.33 bits per heavy atom. The zero-order valence-corrected chi connectivity index (χ0v) is 6.57. The molecule has 0 aromatic carbocycles. The fraction of sp³-hybridized carbons (Fsp3) is 0.375. The fourth-order valence-electron chi connectivity index (χ4n) is 0.802. The van der Waals surface area contributed by atoms with Crippen LogP contribution in [-0.2, 0) is 6.42 Å². The average molecular weight is 138 g/mol. The minimum absolute atomic E-state index is 1.25. The van der Waals surface area contributed by atoms with Crippen LogP contribution in [0.3, 0.4) is 0 Å². The summed E-state index contributed by atoms with van der Waals surface area (Å²) in [6, 6.07) is 6.42. The van der Waals surface area contributed by atoms with E-state index in [1.807, 2.05) is 0 Å². The van der Waals surface area contributed by atoms with Gasteiger partial charge in [-0.3, -0.25) is 0 Å². The SMILES string of the molecule is CCCc1ccccp1. The zero-order chi connectivity index (χ0) is 6.53. The highest BCUT2D eigenvalue weighted by Crippen LogP contribution is 2.13. The van der Waals surface area contributed by atoms with Crippen LogP contribution < -0.4 is 0 Å². The molecule has 1 heteroatoms. The Kier molecular flexibility index (Phi) is 2.73. The topological polar surface area (TPSA) is 0 Å². The molecule has 0 nitrogen and oxygen atoms in total. The van der Waals surface area contributed by atoms with Crippen LogP contribution >= 0.6 is 8.19 Å².